The third kappa shape index (κ3) is 2.94. The molecule has 1 aliphatic carbocycles. The van der Waals surface area contributed by atoms with Crippen LogP contribution in [-0.4, -0.2) is 20.4 Å². The van der Waals surface area contributed by atoms with Gasteiger partial charge in [0, 0.05) is 11.4 Å². The molecule has 104 valence electrons. The Morgan fingerprint density at radius 3 is 2.74 bits per heavy atom. The number of aromatic carboxylic acids is 1. The van der Waals surface area contributed by atoms with Gasteiger partial charge in [-0.2, -0.15) is 0 Å². The molecule has 2 atom stereocenters. The summed E-state index contributed by atoms with van der Waals surface area (Å²) in [7, 11) is 0. The second kappa shape index (κ2) is 5.15. The molecular formula is C14H19NO3S. The lowest BCUT2D eigenvalue weighted by Crippen LogP contribution is -2.40. The van der Waals surface area contributed by atoms with Gasteiger partial charge in [0.15, 0.2) is 0 Å². The molecule has 0 saturated carbocycles. The monoisotopic (exact) mass is 281 g/mol. The van der Waals surface area contributed by atoms with E-state index in [1.807, 2.05) is 26.8 Å². The first-order chi connectivity index (χ1) is 8.80. The van der Waals surface area contributed by atoms with Gasteiger partial charge in [-0.1, -0.05) is 12.1 Å². The zero-order valence-corrected chi connectivity index (χ0v) is 12.2. The minimum atomic E-state index is -1.15. The van der Waals surface area contributed by atoms with E-state index in [0.29, 0.717) is 5.56 Å². The quantitative estimate of drug-likeness (QED) is 0.835. The fourth-order valence-corrected chi connectivity index (χ4v) is 3.14. The summed E-state index contributed by atoms with van der Waals surface area (Å²) in [5, 5.41) is 9.17. The molecule has 0 heterocycles. The van der Waals surface area contributed by atoms with Gasteiger partial charge in [0.2, 0.25) is 0 Å². The maximum atomic E-state index is 12.1. The van der Waals surface area contributed by atoms with Crippen LogP contribution in [0, 0.1) is 0 Å². The summed E-state index contributed by atoms with van der Waals surface area (Å²) in [6.07, 6.45) is 1.51. The molecule has 0 spiro atoms. The fraction of sp³-hybridized carbons (Fsp3) is 0.500. The number of rotatable bonds is 3. The molecule has 0 radical (unpaired) electrons. The number of hydrogen-bond donors (Lipinski definition) is 2. The molecule has 0 saturated heterocycles. The first-order valence-electron chi connectivity index (χ1n) is 6.34. The Labute approximate surface area is 116 Å². The number of fused-ring (bicyclic) bond motifs is 1. The highest BCUT2D eigenvalue weighted by atomic mass is 32.2. The Morgan fingerprint density at radius 1 is 1.47 bits per heavy atom. The van der Waals surface area contributed by atoms with Crippen molar-refractivity contribution in [1.82, 2.24) is 4.72 Å². The molecule has 2 N–H and O–H groups in total. The Morgan fingerprint density at radius 2 is 2.16 bits per heavy atom. The topological polar surface area (TPSA) is 72.4 Å². The fourth-order valence-electron chi connectivity index (χ4n) is 2.28. The minimum absolute atomic E-state index is 0.0191. The first kappa shape index (κ1) is 14.4. The van der Waals surface area contributed by atoms with Crippen LogP contribution in [0.5, 0.6) is 0 Å². The second-order valence-corrected chi connectivity index (χ2v) is 7.77. The number of carboxylic acid groups (broad SMARTS) is 1. The summed E-state index contributed by atoms with van der Waals surface area (Å²) < 4.78 is 14.9. The molecule has 5 heteroatoms. The van der Waals surface area contributed by atoms with E-state index in [-0.39, 0.29) is 10.8 Å². The smallest absolute Gasteiger partial charge is 0.335 e. The predicted octanol–water partition coefficient (Wildman–Crippen LogP) is 2.42. The van der Waals surface area contributed by atoms with Crippen LogP contribution in [0.4, 0.5) is 0 Å². The predicted molar refractivity (Wildman–Crippen MR) is 75.5 cm³/mol. The molecule has 0 fully saturated rings. The zero-order chi connectivity index (χ0) is 14.2. The molecular weight excluding hydrogens is 262 g/mol. The van der Waals surface area contributed by atoms with Crippen LogP contribution >= 0.6 is 0 Å². The highest BCUT2D eigenvalue weighted by Gasteiger charge is 2.34. The largest absolute Gasteiger partial charge is 0.598 e. The average Bonchev–Trinajstić information content (AvgIpc) is 2.71. The van der Waals surface area contributed by atoms with Crippen LogP contribution in [0.25, 0.3) is 0 Å². The number of carbonyl (C=O) groups is 1. The molecule has 1 aliphatic rings. The first-order valence-corrected chi connectivity index (χ1v) is 7.49. The molecule has 0 aromatic heterocycles. The van der Waals surface area contributed by atoms with Gasteiger partial charge in [-0.25, -0.2) is 4.79 Å². The van der Waals surface area contributed by atoms with Crippen LogP contribution in [0.1, 0.15) is 54.7 Å². The Balaban J connectivity index is 2.23. The number of carboxylic acids is 1. The molecule has 19 heavy (non-hydrogen) atoms. The Hall–Kier alpha value is -1.04. The molecule has 4 nitrogen and oxygen atoms in total. The van der Waals surface area contributed by atoms with Crippen LogP contribution in [0.15, 0.2) is 18.2 Å². The van der Waals surface area contributed by atoms with Crippen molar-refractivity contribution in [3.8, 4) is 0 Å². The van der Waals surface area contributed by atoms with Gasteiger partial charge < -0.3 is 9.66 Å². The van der Waals surface area contributed by atoms with Crippen molar-refractivity contribution >= 4 is 17.3 Å². The summed E-state index contributed by atoms with van der Waals surface area (Å²) in [5.74, 6) is -0.894. The molecule has 0 amide bonds. The van der Waals surface area contributed by atoms with Crippen molar-refractivity contribution in [2.45, 2.75) is 44.4 Å². The number of hydrogen-bond acceptors (Lipinski definition) is 3. The van der Waals surface area contributed by atoms with Gasteiger partial charge in [-0.05, 0) is 50.8 Å². The van der Waals surface area contributed by atoms with Crippen molar-refractivity contribution in [2.24, 2.45) is 0 Å². The van der Waals surface area contributed by atoms with Crippen molar-refractivity contribution < 1.29 is 14.5 Å². The van der Waals surface area contributed by atoms with Crippen molar-refractivity contribution in [2.75, 3.05) is 0 Å². The third-order valence-electron chi connectivity index (χ3n) is 3.31. The van der Waals surface area contributed by atoms with Crippen LogP contribution in [-0.2, 0) is 17.8 Å². The van der Waals surface area contributed by atoms with E-state index in [2.05, 4.69) is 4.72 Å². The van der Waals surface area contributed by atoms with E-state index in [1.54, 1.807) is 12.1 Å². The lowest BCUT2D eigenvalue weighted by atomic mass is 10.0. The number of nitrogens with one attached hydrogen (secondary N) is 1. The third-order valence-corrected chi connectivity index (χ3v) is 4.92. The highest BCUT2D eigenvalue weighted by Crippen LogP contribution is 2.34. The van der Waals surface area contributed by atoms with Crippen molar-refractivity contribution in [3.63, 3.8) is 0 Å². The van der Waals surface area contributed by atoms with Gasteiger partial charge in [-0.15, -0.1) is 4.72 Å². The standard InChI is InChI=1S/C14H19NO3S/c1-14(2,3)19(18)15-12-8-7-9-10(12)5-4-6-11(9)13(16)17/h4-6,12,15H,7-8H2,1-3H3,(H,16,17)/t12-,19?/m0/s1. The zero-order valence-electron chi connectivity index (χ0n) is 11.4. The summed E-state index contributed by atoms with van der Waals surface area (Å²) in [4.78, 5) is 11.2. The maximum absolute atomic E-state index is 12.1. The van der Waals surface area contributed by atoms with E-state index < -0.39 is 17.3 Å². The van der Waals surface area contributed by atoms with Gasteiger partial charge in [0.1, 0.15) is 4.75 Å². The highest BCUT2D eigenvalue weighted by molar-refractivity contribution is 7.90. The molecule has 2 rings (SSSR count). The van der Waals surface area contributed by atoms with E-state index >= 15 is 0 Å². The lowest BCUT2D eigenvalue weighted by molar-refractivity contribution is 0.0696. The summed E-state index contributed by atoms with van der Waals surface area (Å²) >= 11 is -1.15. The lowest BCUT2D eigenvalue weighted by Gasteiger charge is -2.26. The Bertz CT molecular complexity index is 496. The average molecular weight is 281 g/mol. The summed E-state index contributed by atoms with van der Waals surface area (Å²) in [5.41, 5.74) is 2.21. The van der Waals surface area contributed by atoms with E-state index in [0.717, 1.165) is 24.0 Å². The van der Waals surface area contributed by atoms with Gasteiger partial charge in [0.05, 0.1) is 11.6 Å². The van der Waals surface area contributed by atoms with Crippen LogP contribution in [0.2, 0.25) is 0 Å². The van der Waals surface area contributed by atoms with E-state index in [4.69, 9.17) is 5.11 Å². The van der Waals surface area contributed by atoms with Crippen molar-refractivity contribution in [1.29, 1.82) is 0 Å². The molecule has 0 aliphatic heterocycles. The summed E-state index contributed by atoms with van der Waals surface area (Å²) in [6, 6.07) is 5.29. The SMILES string of the molecule is CC(C)(C)[S+]([O-])N[C@H]1CCc2c(C(=O)O)cccc21. The molecule has 1 unspecified atom stereocenters. The molecule has 0 bridgehead atoms. The van der Waals surface area contributed by atoms with Crippen molar-refractivity contribution in [3.05, 3.63) is 34.9 Å². The number of benzene rings is 1. The van der Waals surface area contributed by atoms with Gasteiger partial charge in [-0.3, -0.25) is 0 Å². The van der Waals surface area contributed by atoms with Gasteiger partial charge >= 0.3 is 5.97 Å². The second-order valence-electron chi connectivity index (χ2n) is 5.77. The van der Waals surface area contributed by atoms with Crippen LogP contribution < -0.4 is 4.72 Å². The minimum Gasteiger partial charge on any atom is -0.598 e. The Kier molecular flexibility index (Phi) is 3.90. The van der Waals surface area contributed by atoms with Crippen LogP contribution in [0.3, 0.4) is 0 Å². The maximum Gasteiger partial charge on any atom is 0.335 e. The molecule has 1 aromatic carbocycles. The molecule has 1 aromatic rings. The van der Waals surface area contributed by atoms with Gasteiger partial charge in [0.25, 0.3) is 0 Å². The normalized spacial score (nSPS) is 20.1. The van der Waals surface area contributed by atoms with E-state index in [9.17, 15) is 9.35 Å². The van der Waals surface area contributed by atoms with E-state index in [1.165, 1.54) is 0 Å². The summed E-state index contributed by atoms with van der Waals surface area (Å²) in [6.45, 7) is 5.75.